The monoisotopic (exact) mass is 361 g/mol. The molecule has 0 spiro atoms. The van der Waals surface area contributed by atoms with Gasteiger partial charge in [0.1, 0.15) is 0 Å². The van der Waals surface area contributed by atoms with Crippen LogP contribution in [0.2, 0.25) is 0 Å². The number of aromatic amines is 1. The molecule has 2 heterocycles. The molecule has 7 nitrogen and oxygen atoms in total. The first-order valence-corrected chi connectivity index (χ1v) is 8.13. The highest BCUT2D eigenvalue weighted by Gasteiger charge is 2.20. The maximum absolute atomic E-state index is 11.9. The number of aromatic hydroxyl groups is 1. The van der Waals surface area contributed by atoms with E-state index in [1.807, 2.05) is 30.3 Å². The second-order valence-corrected chi connectivity index (χ2v) is 5.91. The fourth-order valence-electron chi connectivity index (χ4n) is 2.99. The summed E-state index contributed by atoms with van der Waals surface area (Å²) in [6.07, 6.45) is 0. The minimum absolute atomic E-state index is 0.00748. The zero-order valence-electron chi connectivity index (χ0n) is 14.3. The number of carboxylic acid groups (broad SMARTS) is 1. The van der Waals surface area contributed by atoms with Crippen molar-refractivity contribution in [3.05, 3.63) is 60.2 Å². The third-order valence-corrected chi connectivity index (χ3v) is 4.29. The summed E-state index contributed by atoms with van der Waals surface area (Å²) in [4.78, 5) is 16.4. The number of aromatic nitrogens is 3. The maximum atomic E-state index is 11.9. The maximum Gasteiger partial charge on any atom is 0.336 e. The first-order chi connectivity index (χ1) is 13.1. The Bertz CT molecular complexity index is 1150. The summed E-state index contributed by atoms with van der Waals surface area (Å²) in [5, 5.41) is 27.1. The van der Waals surface area contributed by atoms with Crippen molar-refractivity contribution in [3.8, 4) is 34.0 Å². The van der Waals surface area contributed by atoms with Crippen molar-refractivity contribution in [2.24, 2.45) is 0 Å². The second kappa shape index (κ2) is 6.45. The predicted octanol–water partition coefficient (Wildman–Crippen LogP) is 3.70. The highest BCUT2D eigenvalue weighted by molar-refractivity contribution is 6.08. The van der Waals surface area contributed by atoms with Crippen molar-refractivity contribution in [2.45, 2.75) is 0 Å². The van der Waals surface area contributed by atoms with E-state index >= 15 is 0 Å². The molecular weight excluding hydrogens is 346 g/mol. The Hall–Kier alpha value is -3.87. The van der Waals surface area contributed by atoms with Crippen molar-refractivity contribution < 1.29 is 19.7 Å². The van der Waals surface area contributed by atoms with Gasteiger partial charge in [-0.15, -0.1) is 0 Å². The Kier molecular flexibility index (Phi) is 3.97. The van der Waals surface area contributed by atoms with Gasteiger partial charge >= 0.3 is 5.97 Å². The van der Waals surface area contributed by atoms with Gasteiger partial charge in [0.15, 0.2) is 17.1 Å². The zero-order valence-corrected chi connectivity index (χ0v) is 14.3. The van der Waals surface area contributed by atoms with Gasteiger partial charge in [-0.2, -0.15) is 5.10 Å². The molecule has 0 atom stereocenters. The summed E-state index contributed by atoms with van der Waals surface area (Å²) in [6, 6.07) is 15.6. The number of pyridine rings is 1. The highest BCUT2D eigenvalue weighted by atomic mass is 16.5. The van der Waals surface area contributed by atoms with E-state index in [2.05, 4.69) is 15.2 Å². The topological polar surface area (TPSA) is 108 Å². The van der Waals surface area contributed by atoms with Crippen molar-refractivity contribution in [1.29, 1.82) is 0 Å². The molecule has 0 fully saturated rings. The van der Waals surface area contributed by atoms with E-state index in [9.17, 15) is 15.0 Å². The van der Waals surface area contributed by atoms with Gasteiger partial charge in [0, 0.05) is 11.1 Å². The molecule has 0 saturated heterocycles. The summed E-state index contributed by atoms with van der Waals surface area (Å²) < 4.78 is 5.12. The molecule has 2 aromatic carbocycles. The van der Waals surface area contributed by atoms with E-state index in [-0.39, 0.29) is 17.1 Å². The van der Waals surface area contributed by atoms with E-state index in [1.165, 1.54) is 19.2 Å². The van der Waals surface area contributed by atoms with Crippen LogP contribution in [0.4, 0.5) is 0 Å². The van der Waals surface area contributed by atoms with Crippen molar-refractivity contribution >= 4 is 17.0 Å². The SMILES string of the molecule is COc1cc(-c2cc(C(=O)O)c3c(-c4ccccc4)[nH]nc3n2)ccc1O. The highest BCUT2D eigenvalue weighted by Crippen LogP contribution is 2.34. The molecule has 0 saturated carbocycles. The third kappa shape index (κ3) is 2.85. The van der Waals surface area contributed by atoms with Gasteiger partial charge in [-0.3, -0.25) is 5.10 Å². The molecule has 2 aromatic heterocycles. The minimum atomic E-state index is -1.08. The van der Waals surface area contributed by atoms with Gasteiger partial charge in [-0.05, 0) is 24.3 Å². The number of hydrogen-bond acceptors (Lipinski definition) is 5. The first-order valence-electron chi connectivity index (χ1n) is 8.13. The number of rotatable bonds is 4. The Morgan fingerprint density at radius 2 is 1.85 bits per heavy atom. The molecule has 0 aliphatic rings. The Morgan fingerprint density at radius 1 is 1.07 bits per heavy atom. The second-order valence-electron chi connectivity index (χ2n) is 5.91. The lowest BCUT2D eigenvalue weighted by Gasteiger charge is -2.08. The molecule has 134 valence electrons. The first kappa shape index (κ1) is 16.6. The van der Waals surface area contributed by atoms with E-state index in [0.717, 1.165) is 5.56 Å². The van der Waals surface area contributed by atoms with Gasteiger partial charge in [0.05, 0.1) is 29.4 Å². The lowest BCUT2D eigenvalue weighted by molar-refractivity contribution is 0.0699. The Balaban J connectivity index is 1.95. The molecule has 0 aliphatic heterocycles. The van der Waals surface area contributed by atoms with Gasteiger partial charge in [0.25, 0.3) is 0 Å². The number of nitrogens with zero attached hydrogens (tertiary/aromatic N) is 2. The summed E-state index contributed by atoms with van der Waals surface area (Å²) in [7, 11) is 1.44. The molecule has 0 radical (unpaired) electrons. The number of hydrogen-bond donors (Lipinski definition) is 3. The normalized spacial score (nSPS) is 10.9. The average Bonchev–Trinajstić information content (AvgIpc) is 3.12. The van der Waals surface area contributed by atoms with Crippen LogP contribution >= 0.6 is 0 Å². The Morgan fingerprint density at radius 3 is 2.56 bits per heavy atom. The summed E-state index contributed by atoms with van der Waals surface area (Å²) >= 11 is 0. The number of aromatic carboxylic acids is 1. The molecule has 0 bridgehead atoms. The molecule has 4 aromatic rings. The van der Waals surface area contributed by atoms with Crippen molar-refractivity contribution in [2.75, 3.05) is 7.11 Å². The zero-order chi connectivity index (χ0) is 19.0. The molecule has 0 amide bonds. The van der Waals surface area contributed by atoms with Crippen LogP contribution in [0.1, 0.15) is 10.4 Å². The van der Waals surface area contributed by atoms with E-state index < -0.39 is 5.97 Å². The lowest BCUT2D eigenvalue weighted by atomic mass is 10.0. The minimum Gasteiger partial charge on any atom is -0.504 e. The number of H-pyrrole nitrogens is 1. The number of methoxy groups -OCH3 is 1. The number of ether oxygens (including phenoxy) is 1. The van der Waals surface area contributed by atoms with Crippen LogP contribution in [-0.4, -0.2) is 38.5 Å². The number of benzene rings is 2. The number of carbonyl (C=O) groups is 1. The summed E-state index contributed by atoms with van der Waals surface area (Å²) in [5.41, 5.74) is 2.85. The van der Waals surface area contributed by atoms with Crippen LogP contribution in [0.5, 0.6) is 11.5 Å². The third-order valence-electron chi connectivity index (χ3n) is 4.29. The average molecular weight is 361 g/mol. The Labute approximate surface area is 153 Å². The number of carboxylic acids is 1. The van der Waals surface area contributed by atoms with Crippen LogP contribution in [0.15, 0.2) is 54.6 Å². The van der Waals surface area contributed by atoms with Crippen LogP contribution in [-0.2, 0) is 0 Å². The molecule has 3 N–H and O–H groups in total. The fraction of sp³-hybridized carbons (Fsp3) is 0.0500. The van der Waals surface area contributed by atoms with Crippen LogP contribution in [0.3, 0.4) is 0 Å². The summed E-state index contributed by atoms with van der Waals surface area (Å²) in [5.74, 6) is -0.807. The fourth-order valence-corrected chi connectivity index (χ4v) is 2.99. The summed E-state index contributed by atoms with van der Waals surface area (Å²) in [6.45, 7) is 0. The quantitative estimate of drug-likeness (QED) is 0.511. The number of nitrogens with one attached hydrogen (secondary N) is 1. The molecule has 4 rings (SSSR count). The van der Waals surface area contributed by atoms with Crippen molar-refractivity contribution in [3.63, 3.8) is 0 Å². The number of fused-ring (bicyclic) bond motifs is 1. The van der Waals surface area contributed by atoms with E-state index in [1.54, 1.807) is 12.1 Å². The molecule has 7 heteroatoms. The lowest BCUT2D eigenvalue weighted by Crippen LogP contribution is -2.00. The van der Waals surface area contributed by atoms with Gasteiger partial charge in [0.2, 0.25) is 0 Å². The van der Waals surface area contributed by atoms with Gasteiger partial charge < -0.3 is 14.9 Å². The molecule has 0 aliphatic carbocycles. The van der Waals surface area contributed by atoms with Crippen molar-refractivity contribution in [1.82, 2.24) is 15.2 Å². The van der Waals surface area contributed by atoms with Gasteiger partial charge in [-0.25, -0.2) is 9.78 Å². The van der Waals surface area contributed by atoms with Crippen LogP contribution in [0, 0.1) is 0 Å². The van der Waals surface area contributed by atoms with Crippen LogP contribution in [0.25, 0.3) is 33.5 Å². The predicted molar refractivity (Wildman–Crippen MR) is 99.9 cm³/mol. The number of phenols is 1. The largest absolute Gasteiger partial charge is 0.504 e. The molecule has 27 heavy (non-hydrogen) atoms. The number of phenolic OH excluding ortho intramolecular Hbond substituents is 1. The van der Waals surface area contributed by atoms with E-state index in [4.69, 9.17) is 4.74 Å². The molecular formula is C20H15N3O4. The van der Waals surface area contributed by atoms with Crippen LogP contribution < -0.4 is 4.74 Å². The molecule has 0 unspecified atom stereocenters. The standard InChI is InChI=1S/C20H15N3O4/c1-27-16-9-12(7-8-15(16)24)14-10-13(20(25)26)17-18(22-23-19(17)21-14)11-5-3-2-4-6-11/h2-10,24H,1H3,(H,25,26)(H,21,22,23). The van der Waals surface area contributed by atoms with E-state index in [0.29, 0.717) is 28.0 Å². The van der Waals surface area contributed by atoms with Gasteiger partial charge in [-0.1, -0.05) is 30.3 Å². The smallest absolute Gasteiger partial charge is 0.336 e.